The summed E-state index contributed by atoms with van der Waals surface area (Å²) >= 11 is 5.28. The maximum atomic E-state index is 5.28. The summed E-state index contributed by atoms with van der Waals surface area (Å²) in [5.74, 6) is 0.896. The molecule has 1 fully saturated rings. The van der Waals surface area contributed by atoms with Crippen molar-refractivity contribution >= 4 is 18.2 Å². The zero-order valence-electron chi connectivity index (χ0n) is 10.2. The van der Waals surface area contributed by atoms with Crippen molar-refractivity contribution in [1.29, 1.82) is 0 Å². The molecule has 18 heavy (non-hydrogen) atoms. The summed E-state index contributed by atoms with van der Waals surface area (Å²) in [5.41, 5.74) is 1.02. The van der Waals surface area contributed by atoms with E-state index in [4.69, 9.17) is 12.2 Å². The third kappa shape index (κ3) is 2.15. The van der Waals surface area contributed by atoms with Gasteiger partial charge in [0.25, 0.3) is 0 Å². The maximum absolute atomic E-state index is 5.28. The summed E-state index contributed by atoms with van der Waals surface area (Å²) < 4.78 is 2.82. The number of nitrogens with zero attached hydrogens (tertiary/aromatic N) is 4. The van der Waals surface area contributed by atoms with Crippen LogP contribution >= 0.6 is 12.2 Å². The number of pyridine rings is 1. The van der Waals surface area contributed by atoms with E-state index in [2.05, 4.69) is 24.6 Å². The quantitative estimate of drug-likeness (QED) is 0.858. The van der Waals surface area contributed by atoms with Crippen LogP contribution in [0, 0.1) is 4.77 Å². The fourth-order valence-electron chi connectivity index (χ4n) is 2.03. The molecule has 0 amide bonds. The molecule has 3 rings (SSSR count). The molecule has 2 aromatic heterocycles. The van der Waals surface area contributed by atoms with Crippen molar-refractivity contribution in [2.45, 2.75) is 25.4 Å². The Balaban J connectivity index is 1.84. The van der Waals surface area contributed by atoms with Crippen LogP contribution < -0.4 is 4.90 Å². The number of hydrogen-bond acceptors (Lipinski definition) is 4. The van der Waals surface area contributed by atoms with Crippen molar-refractivity contribution in [2.24, 2.45) is 0 Å². The molecule has 1 aliphatic carbocycles. The monoisotopic (exact) mass is 261 g/mol. The number of H-pyrrole nitrogens is 1. The molecule has 0 bridgehead atoms. The van der Waals surface area contributed by atoms with Gasteiger partial charge in [-0.05, 0) is 37.2 Å². The van der Waals surface area contributed by atoms with Crippen LogP contribution in [0.3, 0.4) is 0 Å². The SMILES string of the molecule is CN(Cc1ccccn1)c1n[nH]c(=S)n1C1CC1. The highest BCUT2D eigenvalue weighted by Crippen LogP contribution is 2.37. The number of hydrogen-bond donors (Lipinski definition) is 1. The first-order valence-corrected chi connectivity index (χ1v) is 6.44. The van der Waals surface area contributed by atoms with E-state index in [1.165, 1.54) is 12.8 Å². The van der Waals surface area contributed by atoms with Crippen molar-refractivity contribution < 1.29 is 0 Å². The fourth-order valence-corrected chi connectivity index (χ4v) is 2.31. The highest BCUT2D eigenvalue weighted by atomic mass is 32.1. The van der Waals surface area contributed by atoms with Gasteiger partial charge in [0.15, 0.2) is 4.77 Å². The van der Waals surface area contributed by atoms with Gasteiger partial charge >= 0.3 is 0 Å². The lowest BCUT2D eigenvalue weighted by Gasteiger charge is -2.18. The van der Waals surface area contributed by atoms with Crippen molar-refractivity contribution in [3.05, 3.63) is 34.9 Å². The number of rotatable bonds is 4. The summed E-state index contributed by atoms with van der Waals surface area (Å²) in [5, 5.41) is 7.20. The highest BCUT2D eigenvalue weighted by molar-refractivity contribution is 7.71. The molecule has 5 nitrogen and oxygen atoms in total. The van der Waals surface area contributed by atoms with Crippen LogP contribution in [0.1, 0.15) is 24.6 Å². The number of nitrogens with one attached hydrogen (secondary N) is 1. The zero-order valence-corrected chi connectivity index (χ0v) is 11.0. The lowest BCUT2D eigenvalue weighted by molar-refractivity contribution is 0.697. The van der Waals surface area contributed by atoms with Crippen LogP contribution in [0.15, 0.2) is 24.4 Å². The molecule has 0 saturated heterocycles. The molecule has 1 aliphatic rings. The summed E-state index contributed by atoms with van der Waals surface area (Å²) in [4.78, 5) is 6.40. The van der Waals surface area contributed by atoms with Crippen molar-refractivity contribution in [2.75, 3.05) is 11.9 Å². The molecular weight excluding hydrogens is 246 g/mol. The van der Waals surface area contributed by atoms with Gasteiger partial charge in [0, 0.05) is 19.3 Å². The van der Waals surface area contributed by atoms with Crippen molar-refractivity contribution in [1.82, 2.24) is 19.7 Å². The molecule has 0 unspecified atom stereocenters. The van der Waals surface area contributed by atoms with Gasteiger partial charge in [-0.15, -0.1) is 5.10 Å². The minimum absolute atomic E-state index is 0.525. The van der Waals surface area contributed by atoms with Crippen LogP contribution in [-0.2, 0) is 6.54 Å². The molecular formula is C12H15N5S. The third-order valence-electron chi connectivity index (χ3n) is 3.06. The molecule has 0 atom stereocenters. The fraction of sp³-hybridized carbons (Fsp3) is 0.417. The Morgan fingerprint density at radius 3 is 3.00 bits per heavy atom. The van der Waals surface area contributed by atoms with Crippen molar-refractivity contribution in [3.63, 3.8) is 0 Å². The van der Waals surface area contributed by atoms with Crippen LogP contribution in [0.4, 0.5) is 5.95 Å². The molecule has 94 valence electrons. The Kier molecular flexibility index (Phi) is 2.87. The molecule has 0 aliphatic heterocycles. The average Bonchev–Trinajstić information content (AvgIpc) is 3.13. The van der Waals surface area contributed by atoms with E-state index in [-0.39, 0.29) is 0 Å². The third-order valence-corrected chi connectivity index (χ3v) is 3.35. The molecule has 0 spiro atoms. The van der Waals surface area contributed by atoms with Gasteiger partial charge in [0.1, 0.15) is 0 Å². The molecule has 2 aromatic rings. The Morgan fingerprint density at radius 1 is 1.50 bits per heavy atom. The topological polar surface area (TPSA) is 49.7 Å². The highest BCUT2D eigenvalue weighted by Gasteiger charge is 2.28. The van der Waals surface area contributed by atoms with E-state index in [0.717, 1.165) is 18.2 Å². The van der Waals surface area contributed by atoms with E-state index >= 15 is 0 Å². The first-order valence-electron chi connectivity index (χ1n) is 6.03. The standard InChI is InChI=1S/C12H15N5S/c1-16(8-9-4-2-3-7-13-9)11-14-15-12(18)17(11)10-5-6-10/h2-4,7,10H,5-6,8H2,1H3,(H,15,18). The second kappa shape index (κ2) is 4.53. The summed E-state index contributed by atoms with van der Waals surface area (Å²) in [7, 11) is 2.01. The largest absolute Gasteiger partial charge is 0.338 e. The van der Waals surface area contributed by atoms with Crippen LogP contribution in [0.2, 0.25) is 0 Å². The molecule has 1 saturated carbocycles. The lowest BCUT2D eigenvalue weighted by Crippen LogP contribution is -2.21. The second-order valence-electron chi connectivity index (χ2n) is 4.61. The minimum atomic E-state index is 0.525. The summed E-state index contributed by atoms with van der Waals surface area (Å²) in [6, 6.07) is 6.45. The lowest BCUT2D eigenvalue weighted by atomic mass is 10.3. The van der Waals surface area contributed by atoms with Gasteiger partial charge in [-0.25, -0.2) is 5.10 Å². The molecule has 0 aromatic carbocycles. The van der Waals surface area contributed by atoms with E-state index in [9.17, 15) is 0 Å². The first-order chi connectivity index (χ1) is 8.75. The summed E-state index contributed by atoms with van der Waals surface area (Å²) in [6.45, 7) is 0.729. The smallest absolute Gasteiger partial charge is 0.226 e. The minimum Gasteiger partial charge on any atom is -0.338 e. The van der Waals surface area contributed by atoms with E-state index in [1.807, 2.05) is 25.2 Å². The predicted octanol–water partition coefficient (Wildman–Crippen LogP) is 2.31. The predicted molar refractivity (Wildman–Crippen MR) is 72.0 cm³/mol. The summed E-state index contributed by atoms with van der Waals surface area (Å²) in [6.07, 6.45) is 4.19. The van der Waals surface area contributed by atoms with Gasteiger partial charge in [-0.2, -0.15) is 0 Å². The second-order valence-corrected chi connectivity index (χ2v) is 4.99. The van der Waals surface area contributed by atoms with Crippen molar-refractivity contribution in [3.8, 4) is 0 Å². The molecule has 2 heterocycles. The van der Waals surface area contributed by atoms with Crippen LogP contribution in [0.5, 0.6) is 0 Å². The average molecular weight is 261 g/mol. The van der Waals surface area contributed by atoms with Gasteiger partial charge in [-0.3, -0.25) is 9.55 Å². The van der Waals surface area contributed by atoms with E-state index in [0.29, 0.717) is 10.8 Å². The Morgan fingerprint density at radius 2 is 2.33 bits per heavy atom. The Bertz CT molecular complexity index is 584. The van der Waals surface area contributed by atoms with Crippen LogP contribution in [0.25, 0.3) is 0 Å². The first kappa shape index (κ1) is 11.4. The van der Waals surface area contributed by atoms with Gasteiger partial charge in [0.05, 0.1) is 12.2 Å². The van der Waals surface area contributed by atoms with Gasteiger partial charge in [0.2, 0.25) is 5.95 Å². The van der Waals surface area contributed by atoms with Crippen LogP contribution in [-0.4, -0.2) is 26.8 Å². The Hall–Kier alpha value is -1.69. The molecule has 6 heteroatoms. The van der Waals surface area contributed by atoms with Gasteiger partial charge in [-0.1, -0.05) is 6.07 Å². The van der Waals surface area contributed by atoms with E-state index < -0.39 is 0 Å². The number of aromatic amines is 1. The molecule has 0 radical (unpaired) electrons. The van der Waals surface area contributed by atoms with E-state index in [1.54, 1.807) is 6.20 Å². The maximum Gasteiger partial charge on any atom is 0.226 e. The number of aromatic nitrogens is 4. The Labute approximate surface area is 110 Å². The molecule has 1 N–H and O–H groups in total. The van der Waals surface area contributed by atoms with Gasteiger partial charge < -0.3 is 4.90 Å². The normalized spacial score (nSPS) is 14.7. The number of anilines is 1. The zero-order chi connectivity index (χ0) is 12.5.